The fourth-order valence-corrected chi connectivity index (χ4v) is 2.45. The largest absolute Gasteiger partial charge is 0.477 e. The number of carboxylic acid groups (broad SMARTS) is 1. The average Bonchev–Trinajstić information content (AvgIpc) is 3.01. The van der Waals surface area contributed by atoms with Gasteiger partial charge in [-0.1, -0.05) is 0 Å². The van der Waals surface area contributed by atoms with Gasteiger partial charge in [-0.25, -0.2) is 9.78 Å². The summed E-state index contributed by atoms with van der Waals surface area (Å²) < 4.78 is 0. The molecule has 0 saturated heterocycles. The zero-order valence-corrected chi connectivity index (χ0v) is 10.5. The van der Waals surface area contributed by atoms with Gasteiger partial charge in [-0.3, -0.25) is 4.79 Å². The third kappa shape index (κ3) is 2.63. The Bertz CT molecular complexity index is 465. The summed E-state index contributed by atoms with van der Waals surface area (Å²) in [5.74, 6) is -0.772. The van der Waals surface area contributed by atoms with E-state index in [1.165, 1.54) is 0 Å². The van der Waals surface area contributed by atoms with Gasteiger partial charge < -0.3 is 10.4 Å². The Morgan fingerprint density at radius 3 is 2.65 bits per heavy atom. The second-order valence-electron chi connectivity index (χ2n) is 4.28. The Labute approximate surface area is 103 Å². The number of aryl methyl sites for hydroxylation is 1. The number of aromatic carboxylic acids is 1. The van der Waals surface area contributed by atoms with E-state index in [-0.39, 0.29) is 22.7 Å². The lowest BCUT2D eigenvalue weighted by Crippen LogP contribution is -2.27. The molecule has 5 nitrogen and oxygen atoms in total. The van der Waals surface area contributed by atoms with Gasteiger partial charge in [0.05, 0.1) is 11.7 Å². The molecule has 0 aliphatic heterocycles. The van der Waals surface area contributed by atoms with E-state index in [2.05, 4.69) is 10.3 Å². The van der Waals surface area contributed by atoms with Crippen molar-refractivity contribution in [3.8, 4) is 0 Å². The lowest BCUT2D eigenvalue weighted by atomic mass is 10.3. The Morgan fingerprint density at radius 1 is 1.53 bits per heavy atom. The van der Waals surface area contributed by atoms with Gasteiger partial charge in [0.25, 0.3) is 0 Å². The number of aromatic nitrogens is 1. The van der Waals surface area contributed by atoms with Crippen LogP contribution in [0.15, 0.2) is 0 Å². The first-order valence-electron chi connectivity index (χ1n) is 5.50. The van der Waals surface area contributed by atoms with Gasteiger partial charge in [-0.15, -0.1) is 11.3 Å². The molecule has 6 heteroatoms. The molecule has 1 aromatic heterocycles. The van der Waals surface area contributed by atoms with E-state index < -0.39 is 5.97 Å². The first-order valence-corrected chi connectivity index (χ1v) is 6.31. The monoisotopic (exact) mass is 254 g/mol. The molecule has 1 heterocycles. The summed E-state index contributed by atoms with van der Waals surface area (Å²) in [4.78, 5) is 26.9. The van der Waals surface area contributed by atoms with Crippen LogP contribution in [-0.2, 0) is 4.79 Å². The van der Waals surface area contributed by atoms with Crippen molar-refractivity contribution in [2.24, 2.45) is 5.92 Å². The number of nitrogens with zero attached hydrogens (tertiary/aromatic N) is 1. The molecule has 2 N–H and O–H groups in total. The Morgan fingerprint density at radius 2 is 2.18 bits per heavy atom. The molecule has 0 bridgehead atoms. The van der Waals surface area contributed by atoms with Crippen LogP contribution in [0, 0.1) is 12.8 Å². The van der Waals surface area contributed by atoms with Gasteiger partial charge in [0.15, 0.2) is 0 Å². The molecule has 1 atom stereocenters. The Hall–Kier alpha value is -1.43. The third-order valence-corrected chi connectivity index (χ3v) is 4.01. The summed E-state index contributed by atoms with van der Waals surface area (Å²) >= 11 is 1.12. The van der Waals surface area contributed by atoms with Gasteiger partial charge in [0.2, 0.25) is 5.91 Å². The van der Waals surface area contributed by atoms with Crippen molar-refractivity contribution in [2.45, 2.75) is 32.7 Å². The van der Waals surface area contributed by atoms with Gasteiger partial charge in [0, 0.05) is 5.92 Å². The molecule has 1 unspecified atom stereocenters. The van der Waals surface area contributed by atoms with Crippen molar-refractivity contribution in [3.63, 3.8) is 0 Å². The van der Waals surface area contributed by atoms with Crippen LogP contribution in [0.2, 0.25) is 0 Å². The third-order valence-electron chi connectivity index (χ3n) is 2.68. The Kier molecular flexibility index (Phi) is 3.15. The van der Waals surface area contributed by atoms with E-state index in [1.807, 2.05) is 6.92 Å². The molecule has 1 saturated carbocycles. The lowest BCUT2D eigenvalue weighted by Gasteiger charge is -2.10. The zero-order chi connectivity index (χ0) is 12.6. The minimum atomic E-state index is -0.966. The van der Waals surface area contributed by atoms with Crippen molar-refractivity contribution in [2.75, 3.05) is 0 Å². The minimum Gasteiger partial charge on any atom is -0.477 e. The predicted octanol–water partition coefficient (Wildman–Crippen LogP) is 1.74. The minimum absolute atomic E-state index is 0.0437. The molecule has 92 valence electrons. The summed E-state index contributed by atoms with van der Waals surface area (Å²) in [6.07, 6.45) is 1.91. The van der Waals surface area contributed by atoms with E-state index in [9.17, 15) is 9.59 Å². The smallest absolute Gasteiger partial charge is 0.347 e. The average molecular weight is 254 g/mol. The number of thiazole rings is 1. The van der Waals surface area contributed by atoms with E-state index in [0.29, 0.717) is 10.7 Å². The molecule has 2 rings (SSSR count). The fraction of sp³-hybridized carbons (Fsp3) is 0.545. The van der Waals surface area contributed by atoms with Gasteiger partial charge in [-0.2, -0.15) is 0 Å². The topological polar surface area (TPSA) is 79.3 Å². The van der Waals surface area contributed by atoms with Crippen LogP contribution in [0.25, 0.3) is 0 Å². The highest BCUT2D eigenvalue weighted by Crippen LogP contribution is 2.30. The number of rotatable bonds is 4. The second kappa shape index (κ2) is 4.44. The maximum Gasteiger partial charge on any atom is 0.347 e. The molecule has 0 spiro atoms. The number of carbonyl (C=O) groups is 2. The van der Waals surface area contributed by atoms with Crippen LogP contribution in [0.4, 0.5) is 0 Å². The van der Waals surface area contributed by atoms with E-state index >= 15 is 0 Å². The molecule has 1 aliphatic carbocycles. The summed E-state index contributed by atoms with van der Waals surface area (Å²) in [7, 11) is 0. The number of hydrogen-bond acceptors (Lipinski definition) is 4. The van der Waals surface area contributed by atoms with E-state index in [1.54, 1.807) is 6.92 Å². The first kappa shape index (κ1) is 12.0. The normalized spacial score (nSPS) is 16.6. The maximum absolute atomic E-state index is 11.6. The number of nitrogens with one attached hydrogen (secondary N) is 1. The van der Waals surface area contributed by atoms with Crippen molar-refractivity contribution in [1.82, 2.24) is 10.3 Å². The van der Waals surface area contributed by atoms with E-state index in [0.717, 1.165) is 24.2 Å². The highest BCUT2D eigenvalue weighted by molar-refractivity contribution is 7.13. The van der Waals surface area contributed by atoms with Gasteiger partial charge >= 0.3 is 5.97 Å². The molecular weight excluding hydrogens is 240 g/mol. The summed E-state index contributed by atoms with van der Waals surface area (Å²) in [5, 5.41) is 12.4. The predicted molar refractivity (Wildman–Crippen MR) is 63.1 cm³/mol. The number of carbonyl (C=O) groups excluding carboxylic acids is 1. The molecule has 17 heavy (non-hydrogen) atoms. The van der Waals surface area contributed by atoms with Crippen LogP contribution < -0.4 is 5.32 Å². The summed E-state index contributed by atoms with van der Waals surface area (Å²) in [6, 6.07) is -0.222. The number of hydrogen-bond donors (Lipinski definition) is 2. The zero-order valence-electron chi connectivity index (χ0n) is 9.69. The van der Waals surface area contributed by atoms with E-state index in [4.69, 9.17) is 5.11 Å². The molecule has 1 aromatic rings. The van der Waals surface area contributed by atoms with Crippen LogP contribution in [0.1, 0.15) is 46.2 Å². The van der Waals surface area contributed by atoms with Crippen molar-refractivity contribution < 1.29 is 14.7 Å². The highest BCUT2D eigenvalue weighted by atomic mass is 32.1. The first-order chi connectivity index (χ1) is 7.99. The summed E-state index contributed by atoms with van der Waals surface area (Å²) in [5.41, 5.74) is 0.505. The lowest BCUT2D eigenvalue weighted by molar-refractivity contribution is -0.122. The summed E-state index contributed by atoms with van der Waals surface area (Å²) in [6.45, 7) is 3.49. The Balaban J connectivity index is 2.07. The molecule has 1 amide bonds. The van der Waals surface area contributed by atoms with Crippen LogP contribution in [0.3, 0.4) is 0 Å². The standard InChI is InChI=1S/C11H14N2O3S/c1-5-8(11(15)16)17-10(13-5)6(2)12-9(14)7-3-4-7/h6-7H,3-4H2,1-2H3,(H,12,14)(H,15,16). The highest BCUT2D eigenvalue weighted by Gasteiger charge is 2.31. The van der Waals surface area contributed by atoms with Crippen LogP contribution >= 0.6 is 11.3 Å². The maximum atomic E-state index is 11.6. The van der Waals surface area contributed by atoms with Crippen LogP contribution in [-0.4, -0.2) is 22.0 Å². The quantitative estimate of drug-likeness (QED) is 0.857. The molecule has 0 aromatic carbocycles. The second-order valence-corrected chi connectivity index (χ2v) is 5.31. The molecule has 1 fully saturated rings. The van der Waals surface area contributed by atoms with Crippen molar-refractivity contribution in [1.29, 1.82) is 0 Å². The molecule has 0 radical (unpaired) electrons. The van der Waals surface area contributed by atoms with Crippen LogP contribution in [0.5, 0.6) is 0 Å². The van der Waals surface area contributed by atoms with Crippen molar-refractivity contribution >= 4 is 23.2 Å². The SMILES string of the molecule is Cc1nc(C(C)NC(=O)C2CC2)sc1C(=O)O. The molecule has 1 aliphatic rings. The van der Waals surface area contributed by atoms with Gasteiger partial charge in [0.1, 0.15) is 9.88 Å². The number of carboxylic acids is 1. The molecular formula is C11H14N2O3S. The van der Waals surface area contributed by atoms with Crippen molar-refractivity contribution in [3.05, 3.63) is 15.6 Å². The fourth-order valence-electron chi connectivity index (χ4n) is 1.54. The number of amides is 1. The van der Waals surface area contributed by atoms with Gasteiger partial charge in [-0.05, 0) is 26.7 Å².